The molecule has 0 bridgehead atoms. The van der Waals surface area contributed by atoms with E-state index in [1.54, 1.807) is 24.7 Å². The zero-order chi connectivity index (χ0) is 11.4. The lowest BCUT2D eigenvalue weighted by Crippen LogP contribution is -1.97. The molecule has 2 aromatic heterocycles. The molecule has 0 atom stereocenters. The van der Waals surface area contributed by atoms with Crippen LogP contribution in [0.15, 0.2) is 30.7 Å². The molecule has 2 aromatic rings. The summed E-state index contributed by atoms with van der Waals surface area (Å²) in [7, 11) is 0. The lowest BCUT2D eigenvalue weighted by Gasteiger charge is -2.04. The topological polar surface area (TPSA) is 73.9 Å². The molecular formula is C11H12N4O. The Bertz CT molecular complexity index is 470. The zero-order valence-electron chi connectivity index (χ0n) is 8.92. The molecular weight excluding hydrogens is 204 g/mol. The number of nitrogens with zero attached hydrogens (tertiary/aromatic N) is 3. The molecule has 0 saturated heterocycles. The van der Waals surface area contributed by atoms with Crippen LogP contribution < -0.4 is 10.5 Å². The van der Waals surface area contributed by atoms with Crippen molar-refractivity contribution in [1.82, 2.24) is 15.0 Å². The van der Waals surface area contributed by atoms with E-state index >= 15 is 0 Å². The number of hydrogen-bond donors (Lipinski definition) is 1. The number of pyridine rings is 1. The molecule has 5 heteroatoms. The second-order valence-electron chi connectivity index (χ2n) is 3.15. The van der Waals surface area contributed by atoms with Crippen molar-refractivity contribution in [3.8, 4) is 17.1 Å². The summed E-state index contributed by atoms with van der Waals surface area (Å²) in [5, 5.41) is 0. The molecule has 0 amide bonds. The van der Waals surface area contributed by atoms with Crippen LogP contribution in [0.1, 0.15) is 6.92 Å². The molecule has 2 heterocycles. The minimum absolute atomic E-state index is 0.484. The van der Waals surface area contributed by atoms with Gasteiger partial charge in [-0.3, -0.25) is 4.98 Å². The predicted octanol–water partition coefficient (Wildman–Crippen LogP) is 1.52. The Morgan fingerprint density at radius 3 is 2.81 bits per heavy atom. The SMILES string of the molecule is CCOc1cncc(-c2ccc(N)nc2)n1. The molecule has 0 aliphatic carbocycles. The lowest BCUT2D eigenvalue weighted by atomic mass is 10.2. The van der Waals surface area contributed by atoms with Crippen molar-refractivity contribution in [2.75, 3.05) is 12.3 Å². The molecule has 0 aromatic carbocycles. The van der Waals surface area contributed by atoms with Crippen molar-refractivity contribution >= 4 is 5.82 Å². The number of aromatic nitrogens is 3. The van der Waals surface area contributed by atoms with Crippen LogP contribution in [0.4, 0.5) is 5.82 Å². The van der Waals surface area contributed by atoms with Gasteiger partial charge < -0.3 is 10.5 Å². The highest BCUT2D eigenvalue weighted by Gasteiger charge is 2.02. The van der Waals surface area contributed by atoms with Crippen LogP contribution in [0, 0.1) is 0 Å². The van der Waals surface area contributed by atoms with Gasteiger partial charge >= 0.3 is 0 Å². The van der Waals surface area contributed by atoms with Gasteiger partial charge in [0.2, 0.25) is 5.88 Å². The molecule has 0 saturated carbocycles. The van der Waals surface area contributed by atoms with Gasteiger partial charge in [0.05, 0.1) is 24.7 Å². The molecule has 82 valence electrons. The molecule has 2 N–H and O–H groups in total. The first kappa shape index (κ1) is 10.4. The molecule has 0 aliphatic heterocycles. The van der Waals surface area contributed by atoms with Gasteiger partial charge in [-0.15, -0.1) is 0 Å². The van der Waals surface area contributed by atoms with Gasteiger partial charge in [0, 0.05) is 11.8 Å². The van der Waals surface area contributed by atoms with E-state index in [1.807, 2.05) is 13.0 Å². The average Bonchev–Trinajstić information content (AvgIpc) is 2.31. The van der Waals surface area contributed by atoms with Gasteiger partial charge in [0.1, 0.15) is 5.82 Å². The van der Waals surface area contributed by atoms with Gasteiger partial charge in [-0.25, -0.2) is 9.97 Å². The first-order chi connectivity index (χ1) is 7.79. The van der Waals surface area contributed by atoms with Gasteiger partial charge in [-0.2, -0.15) is 0 Å². The fourth-order valence-electron chi connectivity index (χ4n) is 1.26. The molecule has 2 rings (SSSR count). The Labute approximate surface area is 93.3 Å². The van der Waals surface area contributed by atoms with Gasteiger partial charge in [-0.05, 0) is 19.1 Å². The van der Waals surface area contributed by atoms with Crippen LogP contribution in [-0.2, 0) is 0 Å². The summed E-state index contributed by atoms with van der Waals surface area (Å²) in [5.74, 6) is 0.995. The highest BCUT2D eigenvalue weighted by molar-refractivity contribution is 5.58. The number of nitrogens with two attached hydrogens (primary N) is 1. The number of rotatable bonds is 3. The number of ether oxygens (including phenoxy) is 1. The molecule has 0 radical (unpaired) electrons. The monoisotopic (exact) mass is 216 g/mol. The van der Waals surface area contributed by atoms with E-state index in [4.69, 9.17) is 10.5 Å². The van der Waals surface area contributed by atoms with E-state index < -0.39 is 0 Å². The van der Waals surface area contributed by atoms with Crippen molar-refractivity contribution < 1.29 is 4.74 Å². The highest BCUT2D eigenvalue weighted by Crippen LogP contribution is 2.17. The standard InChI is InChI=1S/C11H12N4O/c1-2-16-11-7-13-6-9(15-11)8-3-4-10(12)14-5-8/h3-7H,2H2,1H3,(H2,12,14). The van der Waals surface area contributed by atoms with Crippen LogP contribution in [0.2, 0.25) is 0 Å². The van der Waals surface area contributed by atoms with Crippen LogP contribution in [-0.4, -0.2) is 21.6 Å². The minimum atomic E-state index is 0.484. The first-order valence-electron chi connectivity index (χ1n) is 4.96. The summed E-state index contributed by atoms with van der Waals surface area (Å²) in [6.45, 7) is 2.47. The Morgan fingerprint density at radius 2 is 2.12 bits per heavy atom. The predicted molar refractivity (Wildman–Crippen MR) is 60.8 cm³/mol. The molecule has 0 unspecified atom stereocenters. The van der Waals surface area contributed by atoms with Gasteiger partial charge in [0.15, 0.2) is 0 Å². The van der Waals surface area contributed by atoms with Crippen molar-refractivity contribution in [2.45, 2.75) is 6.92 Å². The zero-order valence-corrected chi connectivity index (χ0v) is 8.92. The van der Waals surface area contributed by atoms with Crippen molar-refractivity contribution in [3.63, 3.8) is 0 Å². The quantitative estimate of drug-likeness (QED) is 0.841. The second-order valence-corrected chi connectivity index (χ2v) is 3.15. The largest absolute Gasteiger partial charge is 0.477 e. The van der Waals surface area contributed by atoms with Gasteiger partial charge in [-0.1, -0.05) is 0 Å². The van der Waals surface area contributed by atoms with Gasteiger partial charge in [0.25, 0.3) is 0 Å². The molecule has 0 spiro atoms. The van der Waals surface area contributed by atoms with Crippen molar-refractivity contribution in [1.29, 1.82) is 0 Å². The summed E-state index contributed by atoms with van der Waals surface area (Å²) >= 11 is 0. The van der Waals surface area contributed by atoms with E-state index in [9.17, 15) is 0 Å². The summed E-state index contributed by atoms with van der Waals surface area (Å²) in [4.78, 5) is 12.4. The summed E-state index contributed by atoms with van der Waals surface area (Å²) < 4.78 is 5.27. The normalized spacial score (nSPS) is 10.1. The summed E-state index contributed by atoms with van der Waals surface area (Å²) in [6.07, 6.45) is 4.91. The summed E-state index contributed by atoms with van der Waals surface area (Å²) in [5.41, 5.74) is 7.10. The third-order valence-corrected chi connectivity index (χ3v) is 1.99. The van der Waals surface area contributed by atoms with Crippen LogP contribution in [0.3, 0.4) is 0 Å². The lowest BCUT2D eigenvalue weighted by molar-refractivity contribution is 0.325. The molecule has 0 aliphatic rings. The van der Waals surface area contributed by atoms with Crippen LogP contribution >= 0.6 is 0 Å². The van der Waals surface area contributed by atoms with E-state index in [0.29, 0.717) is 18.3 Å². The third-order valence-electron chi connectivity index (χ3n) is 1.99. The van der Waals surface area contributed by atoms with E-state index in [1.165, 1.54) is 0 Å². The Kier molecular flexibility index (Phi) is 2.95. The maximum atomic E-state index is 5.51. The van der Waals surface area contributed by atoms with Crippen LogP contribution in [0.25, 0.3) is 11.3 Å². The number of hydrogen-bond acceptors (Lipinski definition) is 5. The molecule has 5 nitrogen and oxygen atoms in total. The van der Waals surface area contributed by atoms with E-state index in [0.717, 1.165) is 11.3 Å². The fraction of sp³-hybridized carbons (Fsp3) is 0.182. The van der Waals surface area contributed by atoms with Crippen molar-refractivity contribution in [3.05, 3.63) is 30.7 Å². The van der Waals surface area contributed by atoms with E-state index in [2.05, 4.69) is 15.0 Å². The van der Waals surface area contributed by atoms with E-state index in [-0.39, 0.29) is 0 Å². The number of nitrogen functional groups attached to an aromatic ring is 1. The first-order valence-corrected chi connectivity index (χ1v) is 4.96. The second kappa shape index (κ2) is 4.57. The Hall–Kier alpha value is -2.17. The minimum Gasteiger partial charge on any atom is -0.477 e. The number of anilines is 1. The summed E-state index contributed by atoms with van der Waals surface area (Å²) in [6, 6.07) is 3.58. The maximum Gasteiger partial charge on any atom is 0.232 e. The average molecular weight is 216 g/mol. The van der Waals surface area contributed by atoms with Crippen LogP contribution in [0.5, 0.6) is 5.88 Å². The third kappa shape index (κ3) is 2.25. The van der Waals surface area contributed by atoms with Crippen molar-refractivity contribution in [2.24, 2.45) is 0 Å². The Balaban J connectivity index is 2.32. The molecule has 0 fully saturated rings. The maximum absolute atomic E-state index is 5.51. The fourth-order valence-corrected chi connectivity index (χ4v) is 1.26. The smallest absolute Gasteiger partial charge is 0.232 e. The molecule has 16 heavy (non-hydrogen) atoms. The highest BCUT2D eigenvalue weighted by atomic mass is 16.5. The Morgan fingerprint density at radius 1 is 1.25 bits per heavy atom.